The van der Waals surface area contributed by atoms with Crippen molar-refractivity contribution in [3.63, 3.8) is 0 Å². The Kier molecular flexibility index (Phi) is 2.54. The molecular formula is C12H16FNO2. The van der Waals surface area contributed by atoms with Crippen molar-refractivity contribution in [1.82, 2.24) is 0 Å². The van der Waals surface area contributed by atoms with Gasteiger partial charge in [-0.3, -0.25) is 0 Å². The van der Waals surface area contributed by atoms with Gasteiger partial charge in [-0.15, -0.1) is 0 Å². The van der Waals surface area contributed by atoms with Crippen LogP contribution in [0.25, 0.3) is 0 Å². The largest absolute Gasteiger partial charge is 0.504 e. The molecule has 0 aromatic heterocycles. The van der Waals surface area contributed by atoms with Gasteiger partial charge in [0, 0.05) is 12.0 Å². The third-order valence-electron chi connectivity index (χ3n) is 3.48. The standard InChI is InChI=1S/C12H16FNO2/c1-7-8(12(6-14)3-4-12)5-9(13)11(16-2)10(7)15/h5,15H,3-4,6,14H2,1-2H3. The molecule has 0 amide bonds. The summed E-state index contributed by atoms with van der Waals surface area (Å²) in [5.74, 6) is -0.730. The van der Waals surface area contributed by atoms with Crippen LogP contribution in [-0.2, 0) is 5.41 Å². The fourth-order valence-corrected chi connectivity index (χ4v) is 2.19. The number of hydrogen-bond donors (Lipinski definition) is 2. The molecule has 0 spiro atoms. The van der Waals surface area contributed by atoms with Crippen LogP contribution in [0.2, 0.25) is 0 Å². The molecule has 0 saturated heterocycles. The Morgan fingerprint density at radius 1 is 1.56 bits per heavy atom. The van der Waals surface area contributed by atoms with E-state index in [0.29, 0.717) is 12.1 Å². The molecule has 2 rings (SSSR count). The molecule has 0 atom stereocenters. The molecule has 88 valence electrons. The Morgan fingerprint density at radius 2 is 2.19 bits per heavy atom. The first-order valence-corrected chi connectivity index (χ1v) is 5.32. The minimum absolute atomic E-state index is 0.0888. The van der Waals surface area contributed by atoms with Gasteiger partial charge >= 0.3 is 0 Å². The van der Waals surface area contributed by atoms with Crippen molar-refractivity contribution < 1.29 is 14.2 Å². The maximum absolute atomic E-state index is 13.7. The molecule has 1 aromatic rings. The summed E-state index contributed by atoms with van der Waals surface area (Å²) in [6.07, 6.45) is 1.91. The molecule has 3 N–H and O–H groups in total. The minimum atomic E-state index is -0.527. The average molecular weight is 225 g/mol. The van der Waals surface area contributed by atoms with Gasteiger partial charge in [-0.25, -0.2) is 4.39 Å². The summed E-state index contributed by atoms with van der Waals surface area (Å²) >= 11 is 0. The SMILES string of the molecule is COc1c(F)cc(C2(CN)CC2)c(C)c1O. The van der Waals surface area contributed by atoms with Gasteiger partial charge < -0.3 is 15.6 Å². The van der Waals surface area contributed by atoms with Gasteiger partial charge in [-0.1, -0.05) is 0 Å². The maximum Gasteiger partial charge on any atom is 0.196 e. The molecule has 0 heterocycles. The number of nitrogens with two attached hydrogens (primary N) is 1. The zero-order chi connectivity index (χ0) is 11.9. The Hall–Kier alpha value is -1.29. The summed E-state index contributed by atoms with van der Waals surface area (Å²) in [4.78, 5) is 0. The summed E-state index contributed by atoms with van der Waals surface area (Å²) in [7, 11) is 1.34. The highest BCUT2D eigenvalue weighted by atomic mass is 19.1. The molecule has 0 unspecified atom stereocenters. The van der Waals surface area contributed by atoms with Crippen LogP contribution in [0.1, 0.15) is 24.0 Å². The van der Waals surface area contributed by atoms with Crippen LogP contribution in [0.3, 0.4) is 0 Å². The van der Waals surface area contributed by atoms with Crippen LogP contribution < -0.4 is 10.5 Å². The smallest absolute Gasteiger partial charge is 0.196 e. The van der Waals surface area contributed by atoms with Crippen molar-refractivity contribution in [1.29, 1.82) is 0 Å². The number of ether oxygens (including phenoxy) is 1. The number of phenols is 1. The number of hydrogen-bond acceptors (Lipinski definition) is 3. The van der Waals surface area contributed by atoms with Crippen LogP contribution in [0, 0.1) is 12.7 Å². The molecule has 0 radical (unpaired) electrons. The van der Waals surface area contributed by atoms with Crippen LogP contribution in [0.5, 0.6) is 11.5 Å². The molecule has 1 aliphatic rings. The highest BCUT2D eigenvalue weighted by Crippen LogP contribution is 2.51. The number of benzene rings is 1. The first kappa shape index (κ1) is 11.2. The zero-order valence-corrected chi connectivity index (χ0v) is 9.51. The zero-order valence-electron chi connectivity index (χ0n) is 9.51. The van der Waals surface area contributed by atoms with Crippen molar-refractivity contribution in [2.24, 2.45) is 5.73 Å². The summed E-state index contributed by atoms with van der Waals surface area (Å²) in [6, 6.07) is 1.44. The summed E-state index contributed by atoms with van der Waals surface area (Å²) in [6.45, 7) is 2.25. The number of methoxy groups -OCH3 is 1. The van der Waals surface area contributed by atoms with Crippen molar-refractivity contribution in [2.75, 3.05) is 13.7 Å². The van der Waals surface area contributed by atoms with Gasteiger partial charge in [0.25, 0.3) is 0 Å². The molecule has 1 aliphatic carbocycles. The second kappa shape index (κ2) is 3.63. The molecular weight excluding hydrogens is 209 g/mol. The second-order valence-electron chi connectivity index (χ2n) is 4.40. The van der Waals surface area contributed by atoms with Crippen LogP contribution >= 0.6 is 0 Å². The lowest BCUT2D eigenvalue weighted by molar-refractivity contribution is 0.348. The second-order valence-corrected chi connectivity index (χ2v) is 4.40. The lowest BCUT2D eigenvalue weighted by Gasteiger charge is -2.18. The first-order chi connectivity index (χ1) is 7.55. The van der Waals surface area contributed by atoms with E-state index in [-0.39, 0.29) is 16.9 Å². The monoisotopic (exact) mass is 225 g/mol. The van der Waals surface area contributed by atoms with Gasteiger partial charge in [0.1, 0.15) is 0 Å². The lowest BCUT2D eigenvalue weighted by Crippen LogP contribution is -2.21. The van der Waals surface area contributed by atoms with E-state index in [4.69, 9.17) is 10.5 Å². The van der Waals surface area contributed by atoms with Crippen LogP contribution in [0.4, 0.5) is 4.39 Å². The Morgan fingerprint density at radius 3 is 2.62 bits per heavy atom. The molecule has 1 saturated carbocycles. The van der Waals surface area contributed by atoms with Crippen LogP contribution in [0.15, 0.2) is 6.07 Å². The van der Waals surface area contributed by atoms with Gasteiger partial charge in [-0.2, -0.15) is 0 Å². The average Bonchev–Trinajstić information content (AvgIpc) is 3.05. The van der Waals surface area contributed by atoms with E-state index >= 15 is 0 Å². The van der Waals surface area contributed by atoms with Crippen LogP contribution in [-0.4, -0.2) is 18.8 Å². The van der Waals surface area contributed by atoms with Gasteiger partial charge in [0.05, 0.1) is 7.11 Å². The first-order valence-electron chi connectivity index (χ1n) is 5.32. The van der Waals surface area contributed by atoms with Crippen molar-refractivity contribution in [2.45, 2.75) is 25.2 Å². The van der Waals surface area contributed by atoms with Crippen molar-refractivity contribution in [3.8, 4) is 11.5 Å². The highest BCUT2D eigenvalue weighted by Gasteiger charge is 2.45. The fraction of sp³-hybridized carbons (Fsp3) is 0.500. The molecule has 0 aliphatic heterocycles. The maximum atomic E-state index is 13.7. The minimum Gasteiger partial charge on any atom is -0.504 e. The van der Waals surface area contributed by atoms with E-state index in [0.717, 1.165) is 18.4 Å². The van der Waals surface area contributed by atoms with Gasteiger partial charge in [0.15, 0.2) is 17.3 Å². The lowest BCUT2D eigenvalue weighted by atomic mass is 9.91. The van der Waals surface area contributed by atoms with E-state index in [1.807, 2.05) is 0 Å². The Bertz CT molecular complexity index is 428. The van der Waals surface area contributed by atoms with E-state index < -0.39 is 5.82 Å². The van der Waals surface area contributed by atoms with E-state index in [1.54, 1.807) is 6.92 Å². The molecule has 0 bridgehead atoms. The molecule has 1 fully saturated rings. The topological polar surface area (TPSA) is 55.5 Å². The summed E-state index contributed by atoms with van der Waals surface area (Å²) < 4.78 is 18.5. The third kappa shape index (κ3) is 1.45. The summed E-state index contributed by atoms with van der Waals surface area (Å²) in [5, 5.41) is 9.84. The van der Waals surface area contributed by atoms with E-state index in [9.17, 15) is 9.50 Å². The normalized spacial score (nSPS) is 17.2. The van der Waals surface area contributed by atoms with E-state index in [2.05, 4.69) is 0 Å². The number of rotatable bonds is 3. The van der Waals surface area contributed by atoms with Gasteiger partial charge in [-0.05, 0) is 37.0 Å². The number of aromatic hydroxyl groups is 1. The predicted octanol–water partition coefficient (Wildman–Crippen LogP) is 1.84. The Balaban J connectivity index is 2.57. The molecule has 1 aromatic carbocycles. The predicted molar refractivity (Wildman–Crippen MR) is 59.3 cm³/mol. The fourth-order valence-electron chi connectivity index (χ4n) is 2.19. The van der Waals surface area contributed by atoms with Crippen molar-refractivity contribution >= 4 is 0 Å². The third-order valence-corrected chi connectivity index (χ3v) is 3.48. The molecule has 16 heavy (non-hydrogen) atoms. The quantitative estimate of drug-likeness (QED) is 0.825. The van der Waals surface area contributed by atoms with Crippen molar-refractivity contribution in [3.05, 3.63) is 23.0 Å². The summed E-state index contributed by atoms with van der Waals surface area (Å²) in [5.41, 5.74) is 7.05. The molecule has 4 heteroatoms. The number of phenolic OH excluding ortho intramolecular Hbond substituents is 1. The highest BCUT2D eigenvalue weighted by molar-refractivity contribution is 5.53. The number of halogens is 1. The van der Waals surface area contributed by atoms with E-state index in [1.165, 1.54) is 13.2 Å². The van der Waals surface area contributed by atoms with Gasteiger partial charge in [0.2, 0.25) is 0 Å². The molecule has 3 nitrogen and oxygen atoms in total. The Labute approximate surface area is 94.0 Å².